The summed E-state index contributed by atoms with van der Waals surface area (Å²) in [7, 11) is 0. The summed E-state index contributed by atoms with van der Waals surface area (Å²) in [4.78, 5) is 16.7. The van der Waals surface area contributed by atoms with E-state index in [0.29, 0.717) is 12.3 Å². The van der Waals surface area contributed by atoms with Gasteiger partial charge in [-0.05, 0) is 30.9 Å². The summed E-state index contributed by atoms with van der Waals surface area (Å²) in [6.45, 7) is 7.24. The standard InChI is InChI=1S/C19H28N4O/c1-4-5-10-23-11-9-21-18(23)15-7-6-8-16(13-15)22-19(24)17(20)12-14(2)3/h6-9,11,13-14,17H,4-5,10,12,20H2,1-3H3,(H,22,24)/t17-/m0/s1. The van der Waals surface area contributed by atoms with Gasteiger partial charge in [-0.1, -0.05) is 39.3 Å². The molecule has 0 unspecified atom stereocenters. The number of hydrogen-bond acceptors (Lipinski definition) is 3. The minimum atomic E-state index is -0.486. The summed E-state index contributed by atoms with van der Waals surface area (Å²) in [6, 6.07) is 7.28. The van der Waals surface area contributed by atoms with Crippen LogP contribution in [0, 0.1) is 5.92 Å². The molecule has 5 nitrogen and oxygen atoms in total. The fourth-order valence-electron chi connectivity index (χ4n) is 2.66. The number of nitrogens with zero attached hydrogens (tertiary/aromatic N) is 2. The van der Waals surface area contributed by atoms with Crippen molar-refractivity contribution in [1.82, 2.24) is 9.55 Å². The van der Waals surface area contributed by atoms with Gasteiger partial charge < -0.3 is 15.6 Å². The highest BCUT2D eigenvalue weighted by atomic mass is 16.2. The molecular weight excluding hydrogens is 300 g/mol. The highest BCUT2D eigenvalue weighted by molar-refractivity contribution is 5.95. The third-order valence-electron chi connectivity index (χ3n) is 3.92. The third-order valence-corrected chi connectivity index (χ3v) is 3.92. The number of unbranched alkanes of at least 4 members (excludes halogenated alkanes) is 1. The van der Waals surface area contributed by atoms with E-state index in [9.17, 15) is 4.79 Å². The SMILES string of the molecule is CCCCn1ccnc1-c1cccc(NC(=O)[C@@H](N)CC(C)C)c1. The van der Waals surface area contributed by atoms with E-state index in [1.54, 1.807) is 0 Å². The molecular formula is C19H28N4O. The van der Waals surface area contributed by atoms with E-state index in [1.807, 2.05) is 36.7 Å². The Morgan fingerprint density at radius 3 is 2.88 bits per heavy atom. The Kier molecular flexibility index (Phi) is 6.55. The summed E-state index contributed by atoms with van der Waals surface area (Å²) >= 11 is 0. The van der Waals surface area contributed by atoms with Crippen LogP contribution < -0.4 is 11.1 Å². The number of carbonyl (C=O) groups excluding carboxylic acids is 1. The maximum atomic E-state index is 12.2. The molecule has 0 aliphatic rings. The van der Waals surface area contributed by atoms with Crippen molar-refractivity contribution in [1.29, 1.82) is 0 Å². The number of nitrogens with two attached hydrogens (primary N) is 1. The second-order valence-corrected chi connectivity index (χ2v) is 6.60. The van der Waals surface area contributed by atoms with Gasteiger partial charge in [-0.2, -0.15) is 0 Å². The fourth-order valence-corrected chi connectivity index (χ4v) is 2.66. The molecule has 0 spiro atoms. The molecule has 0 saturated heterocycles. The summed E-state index contributed by atoms with van der Waals surface area (Å²) in [5.41, 5.74) is 7.69. The number of hydrogen-bond donors (Lipinski definition) is 2. The molecule has 2 aromatic rings. The number of rotatable bonds is 8. The zero-order valence-corrected chi connectivity index (χ0v) is 14.8. The molecule has 0 fully saturated rings. The normalized spacial score (nSPS) is 12.4. The smallest absolute Gasteiger partial charge is 0.241 e. The van der Waals surface area contributed by atoms with Crippen molar-refractivity contribution in [3.8, 4) is 11.4 Å². The first-order valence-corrected chi connectivity index (χ1v) is 8.69. The summed E-state index contributed by atoms with van der Waals surface area (Å²) < 4.78 is 2.15. The second kappa shape index (κ2) is 8.64. The molecule has 1 amide bonds. The number of imidazole rings is 1. The van der Waals surface area contributed by atoms with E-state index in [2.05, 4.69) is 35.6 Å². The molecule has 5 heteroatoms. The van der Waals surface area contributed by atoms with Gasteiger partial charge >= 0.3 is 0 Å². The predicted molar refractivity (Wildman–Crippen MR) is 98.6 cm³/mol. The predicted octanol–water partition coefficient (Wildman–Crippen LogP) is 3.66. The fraction of sp³-hybridized carbons (Fsp3) is 0.474. The van der Waals surface area contributed by atoms with Gasteiger partial charge in [-0.25, -0.2) is 4.98 Å². The highest BCUT2D eigenvalue weighted by Gasteiger charge is 2.15. The zero-order chi connectivity index (χ0) is 17.5. The number of aromatic nitrogens is 2. The Labute approximate surface area is 144 Å². The second-order valence-electron chi connectivity index (χ2n) is 6.60. The highest BCUT2D eigenvalue weighted by Crippen LogP contribution is 2.22. The zero-order valence-electron chi connectivity index (χ0n) is 14.8. The van der Waals surface area contributed by atoms with Crippen molar-refractivity contribution < 1.29 is 4.79 Å². The number of benzene rings is 1. The number of aryl methyl sites for hydroxylation is 1. The van der Waals surface area contributed by atoms with Gasteiger partial charge in [0.2, 0.25) is 5.91 Å². The molecule has 0 aliphatic heterocycles. The molecule has 0 radical (unpaired) electrons. The minimum absolute atomic E-state index is 0.143. The number of nitrogens with one attached hydrogen (secondary N) is 1. The average Bonchev–Trinajstić information content (AvgIpc) is 3.01. The third kappa shape index (κ3) is 4.93. The van der Waals surface area contributed by atoms with Crippen molar-refractivity contribution in [2.75, 3.05) is 5.32 Å². The van der Waals surface area contributed by atoms with Crippen molar-refractivity contribution in [3.63, 3.8) is 0 Å². The van der Waals surface area contributed by atoms with Gasteiger partial charge in [-0.15, -0.1) is 0 Å². The van der Waals surface area contributed by atoms with Crippen LogP contribution in [0.3, 0.4) is 0 Å². The largest absolute Gasteiger partial charge is 0.331 e. The van der Waals surface area contributed by atoms with Crippen LogP contribution in [-0.4, -0.2) is 21.5 Å². The van der Waals surface area contributed by atoms with Crippen molar-refractivity contribution >= 4 is 11.6 Å². The summed E-state index contributed by atoms with van der Waals surface area (Å²) in [6.07, 6.45) is 6.74. The molecule has 1 aromatic heterocycles. The number of anilines is 1. The number of carbonyl (C=O) groups is 1. The van der Waals surface area contributed by atoms with Gasteiger partial charge in [0.15, 0.2) is 0 Å². The molecule has 24 heavy (non-hydrogen) atoms. The maximum Gasteiger partial charge on any atom is 0.241 e. The first-order valence-electron chi connectivity index (χ1n) is 8.69. The lowest BCUT2D eigenvalue weighted by Crippen LogP contribution is -2.36. The molecule has 0 saturated carbocycles. The van der Waals surface area contributed by atoms with Crippen molar-refractivity contribution in [2.45, 2.75) is 52.6 Å². The van der Waals surface area contributed by atoms with Crippen LogP contribution >= 0.6 is 0 Å². The van der Waals surface area contributed by atoms with Gasteiger partial charge in [0.1, 0.15) is 5.82 Å². The Bertz CT molecular complexity index is 663. The molecule has 130 valence electrons. The maximum absolute atomic E-state index is 12.2. The van der Waals surface area contributed by atoms with Crippen LogP contribution in [0.1, 0.15) is 40.0 Å². The summed E-state index contributed by atoms with van der Waals surface area (Å²) in [5, 5.41) is 2.91. The molecule has 1 heterocycles. The lowest BCUT2D eigenvalue weighted by molar-refractivity contribution is -0.117. The van der Waals surface area contributed by atoms with Crippen LogP contribution in [0.2, 0.25) is 0 Å². The van der Waals surface area contributed by atoms with E-state index < -0.39 is 6.04 Å². The minimum Gasteiger partial charge on any atom is -0.331 e. The van der Waals surface area contributed by atoms with E-state index in [-0.39, 0.29) is 5.91 Å². The monoisotopic (exact) mass is 328 g/mol. The summed E-state index contributed by atoms with van der Waals surface area (Å²) in [5.74, 6) is 1.17. The topological polar surface area (TPSA) is 72.9 Å². The van der Waals surface area contributed by atoms with Gasteiger partial charge in [0.05, 0.1) is 6.04 Å². The Morgan fingerprint density at radius 2 is 2.17 bits per heavy atom. The lowest BCUT2D eigenvalue weighted by atomic mass is 10.0. The van der Waals surface area contributed by atoms with Crippen molar-refractivity contribution in [3.05, 3.63) is 36.7 Å². The van der Waals surface area contributed by atoms with E-state index >= 15 is 0 Å². The van der Waals surface area contributed by atoms with Crippen LogP contribution in [0.5, 0.6) is 0 Å². The van der Waals surface area contributed by atoms with Gasteiger partial charge in [0.25, 0.3) is 0 Å². The molecule has 2 rings (SSSR count). The van der Waals surface area contributed by atoms with Crippen LogP contribution in [0.15, 0.2) is 36.7 Å². The quantitative estimate of drug-likeness (QED) is 0.776. The Hall–Kier alpha value is -2.14. The first-order chi connectivity index (χ1) is 11.5. The van der Waals surface area contributed by atoms with Gasteiger partial charge in [0, 0.05) is 30.2 Å². The van der Waals surface area contributed by atoms with E-state index in [4.69, 9.17) is 5.73 Å². The molecule has 1 atom stereocenters. The first kappa shape index (κ1) is 18.2. The molecule has 0 bridgehead atoms. The van der Waals surface area contributed by atoms with Crippen LogP contribution in [0.4, 0.5) is 5.69 Å². The Balaban J connectivity index is 2.12. The molecule has 3 N–H and O–H groups in total. The van der Waals surface area contributed by atoms with E-state index in [0.717, 1.165) is 36.5 Å². The van der Waals surface area contributed by atoms with Crippen LogP contribution in [-0.2, 0) is 11.3 Å². The van der Waals surface area contributed by atoms with Crippen LogP contribution in [0.25, 0.3) is 11.4 Å². The lowest BCUT2D eigenvalue weighted by Gasteiger charge is -2.15. The average molecular weight is 328 g/mol. The molecule has 1 aromatic carbocycles. The van der Waals surface area contributed by atoms with E-state index in [1.165, 1.54) is 0 Å². The van der Waals surface area contributed by atoms with Gasteiger partial charge in [-0.3, -0.25) is 4.79 Å². The number of amides is 1. The Morgan fingerprint density at radius 1 is 1.38 bits per heavy atom. The molecule has 0 aliphatic carbocycles. The van der Waals surface area contributed by atoms with Crippen molar-refractivity contribution in [2.24, 2.45) is 11.7 Å².